The van der Waals surface area contributed by atoms with Crippen LogP contribution < -0.4 is 5.32 Å². The van der Waals surface area contributed by atoms with Gasteiger partial charge in [-0.3, -0.25) is 14.7 Å². The summed E-state index contributed by atoms with van der Waals surface area (Å²) in [5, 5.41) is 3.54. The number of thiazole rings is 1. The third-order valence-electron chi connectivity index (χ3n) is 7.65. The van der Waals surface area contributed by atoms with Crippen LogP contribution >= 0.6 is 11.3 Å². The average molecular weight is 535 g/mol. The number of nitrogens with zero attached hydrogens (tertiary/aromatic N) is 3. The van der Waals surface area contributed by atoms with E-state index in [2.05, 4.69) is 36.0 Å². The largest absolute Gasteiger partial charge is 0.379 e. The highest BCUT2D eigenvalue weighted by Crippen LogP contribution is 2.44. The van der Waals surface area contributed by atoms with Crippen molar-refractivity contribution in [2.45, 2.75) is 82.9 Å². The standard InChI is InChI=1S/C26H38N4O4S2/c1-6-36(32,33)20-8-7-19(27-14-20)13-22(31)28-25-29-23-21(35-25)16-30(24(23)17(2)3)15-18-9-11-26(4,34-5)12-10-18/h7-8,14,17-18,24H,6,9-13,15-16H2,1-5H3,(H,28,29,31)/t18-,24-,26-/m0/s1. The van der Waals surface area contributed by atoms with Gasteiger partial charge in [0.2, 0.25) is 5.91 Å². The van der Waals surface area contributed by atoms with Gasteiger partial charge in [0.05, 0.1) is 34.4 Å². The predicted molar refractivity (Wildman–Crippen MR) is 142 cm³/mol. The fourth-order valence-electron chi connectivity index (χ4n) is 5.33. The molecule has 1 N–H and O–H groups in total. The Hall–Kier alpha value is -1.88. The van der Waals surface area contributed by atoms with Gasteiger partial charge in [0.25, 0.3) is 0 Å². The zero-order chi connectivity index (χ0) is 26.1. The van der Waals surface area contributed by atoms with Crippen LogP contribution in [0.2, 0.25) is 0 Å². The Bertz CT molecular complexity index is 1170. The molecular formula is C26H38N4O4S2. The summed E-state index contributed by atoms with van der Waals surface area (Å²) in [4.78, 5) is 25.6. The molecule has 1 amide bonds. The van der Waals surface area contributed by atoms with Gasteiger partial charge in [-0.15, -0.1) is 11.3 Å². The van der Waals surface area contributed by atoms with Crippen molar-refractivity contribution in [3.63, 3.8) is 0 Å². The zero-order valence-corrected chi connectivity index (χ0v) is 23.5. The molecule has 1 saturated carbocycles. The third kappa shape index (κ3) is 5.98. The molecule has 0 spiro atoms. The summed E-state index contributed by atoms with van der Waals surface area (Å²) in [6.45, 7) is 10.2. The summed E-state index contributed by atoms with van der Waals surface area (Å²) in [6.07, 6.45) is 5.98. The minimum absolute atomic E-state index is 0.0198. The number of fused-ring (bicyclic) bond motifs is 1. The number of carbonyl (C=O) groups excluding carboxylic acids is 1. The predicted octanol–water partition coefficient (Wildman–Crippen LogP) is 4.62. The summed E-state index contributed by atoms with van der Waals surface area (Å²) in [7, 11) is -1.48. The van der Waals surface area contributed by atoms with E-state index in [4.69, 9.17) is 9.72 Å². The minimum Gasteiger partial charge on any atom is -0.379 e. The first kappa shape index (κ1) is 27.2. The van der Waals surface area contributed by atoms with Crippen molar-refractivity contribution in [3.8, 4) is 0 Å². The molecule has 4 rings (SSSR count). The van der Waals surface area contributed by atoms with Gasteiger partial charge in [0.15, 0.2) is 15.0 Å². The van der Waals surface area contributed by atoms with Crippen LogP contribution in [0.4, 0.5) is 5.13 Å². The van der Waals surface area contributed by atoms with Gasteiger partial charge >= 0.3 is 0 Å². The molecule has 2 aromatic rings. The lowest BCUT2D eigenvalue weighted by molar-refractivity contribution is -0.115. The molecule has 1 atom stereocenters. The molecule has 3 heterocycles. The second-order valence-electron chi connectivity index (χ2n) is 10.7. The fourth-order valence-corrected chi connectivity index (χ4v) is 7.20. The van der Waals surface area contributed by atoms with Gasteiger partial charge in [0, 0.05) is 37.0 Å². The molecule has 2 aromatic heterocycles. The molecule has 1 aliphatic carbocycles. The molecule has 0 radical (unpaired) electrons. The van der Waals surface area contributed by atoms with Crippen LogP contribution in [-0.2, 0) is 32.3 Å². The van der Waals surface area contributed by atoms with E-state index in [9.17, 15) is 13.2 Å². The van der Waals surface area contributed by atoms with Crippen molar-refractivity contribution < 1.29 is 17.9 Å². The number of nitrogens with one attached hydrogen (secondary N) is 1. The number of ether oxygens (including phenoxy) is 1. The van der Waals surface area contributed by atoms with Gasteiger partial charge in [0.1, 0.15) is 0 Å². The van der Waals surface area contributed by atoms with E-state index in [0.717, 1.165) is 31.6 Å². The maximum atomic E-state index is 12.6. The number of rotatable bonds is 9. The number of aromatic nitrogens is 2. The van der Waals surface area contributed by atoms with Crippen LogP contribution in [-0.4, -0.2) is 54.2 Å². The number of methoxy groups -OCH3 is 1. The summed E-state index contributed by atoms with van der Waals surface area (Å²) in [5.41, 5.74) is 1.64. The van der Waals surface area contributed by atoms with Crippen LogP contribution in [0.5, 0.6) is 0 Å². The molecule has 0 unspecified atom stereocenters. The molecule has 8 nitrogen and oxygen atoms in total. The second-order valence-corrected chi connectivity index (χ2v) is 14.0. The topological polar surface area (TPSA) is 101 Å². The summed E-state index contributed by atoms with van der Waals surface area (Å²) in [5.74, 6) is 0.912. The van der Waals surface area contributed by atoms with Gasteiger partial charge < -0.3 is 10.1 Å². The van der Waals surface area contributed by atoms with E-state index >= 15 is 0 Å². The average Bonchev–Trinajstić information content (AvgIpc) is 3.37. The number of carbonyl (C=O) groups is 1. The lowest BCUT2D eigenvalue weighted by atomic mass is 9.79. The number of sulfone groups is 1. The van der Waals surface area contributed by atoms with Crippen LogP contribution in [0.25, 0.3) is 0 Å². The van der Waals surface area contributed by atoms with Gasteiger partial charge in [-0.05, 0) is 56.6 Å². The first-order valence-corrected chi connectivity index (χ1v) is 15.3. The van der Waals surface area contributed by atoms with E-state index in [-0.39, 0.29) is 34.6 Å². The van der Waals surface area contributed by atoms with E-state index in [1.165, 1.54) is 30.0 Å². The van der Waals surface area contributed by atoms with Crippen LogP contribution in [0, 0.1) is 11.8 Å². The van der Waals surface area contributed by atoms with Gasteiger partial charge in [-0.25, -0.2) is 13.4 Å². The molecule has 10 heteroatoms. The summed E-state index contributed by atoms with van der Waals surface area (Å²) >= 11 is 1.56. The molecule has 1 aliphatic heterocycles. The Morgan fingerprint density at radius 2 is 2.03 bits per heavy atom. The lowest BCUT2D eigenvalue weighted by Gasteiger charge is -2.39. The smallest absolute Gasteiger partial charge is 0.232 e. The lowest BCUT2D eigenvalue weighted by Crippen LogP contribution is -2.37. The maximum absolute atomic E-state index is 12.6. The van der Waals surface area contributed by atoms with E-state index in [0.29, 0.717) is 22.7 Å². The van der Waals surface area contributed by atoms with Crippen molar-refractivity contribution in [3.05, 3.63) is 34.6 Å². The number of amides is 1. The Labute approximate surface area is 218 Å². The van der Waals surface area contributed by atoms with Crippen molar-refractivity contribution in [2.24, 2.45) is 11.8 Å². The molecule has 0 bridgehead atoms. The molecule has 0 saturated heterocycles. The van der Waals surface area contributed by atoms with Gasteiger partial charge in [-0.1, -0.05) is 20.8 Å². The highest BCUT2D eigenvalue weighted by molar-refractivity contribution is 7.91. The second kappa shape index (κ2) is 10.8. The summed E-state index contributed by atoms with van der Waals surface area (Å²) < 4.78 is 29.6. The van der Waals surface area contributed by atoms with Crippen molar-refractivity contribution >= 4 is 32.2 Å². The highest BCUT2D eigenvalue weighted by Gasteiger charge is 2.39. The number of hydrogen-bond donors (Lipinski definition) is 1. The van der Waals surface area contributed by atoms with E-state index < -0.39 is 9.84 Å². The third-order valence-corrected chi connectivity index (χ3v) is 10.3. The first-order valence-electron chi connectivity index (χ1n) is 12.8. The first-order chi connectivity index (χ1) is 17.0. The molecule has 198 valence electrons. The molecule has 1 fully saturated rings. The van der Waals surface area contributed by atoms with Crippen LogP contribution in [0.1, 0.15) is 75.7 Å². The highest BCUT2D eigenvalue weighted by atomic mass is 32.2. The minimum atomic E-state index is -3.30. The van der Waals surface area contributed by atoms with E-state index in [1.54, 1.807) is 24.3 Å². The molecule has 0 aromatic carbocycles. The number of hydrogen-bond acceptors (Lipinski definition) is 8. The SMILES string of the molecule is CCS(=O)(=O)c1ccc(CC(=O)Nc2nc3c(s2)CN(C[C@H]2CC[C@](C)(OC)CC2)[C@H]3C(C)C)nc1. The van der Waals surface area contributed by atoms with E-state index in [1.807, 2.05) is 7.11 Å². The van der Waals surface area contributed by atoms with Crippen molar-refractivity contribution in [2.75, 3.05) is 24.7 Å². The van der Waals surface area contributed by atoms with Crippen LogP contribution in [0.15, 0.2) is 23.2 Å². The molecule has 2 aliphatic rings. The Morgan fingerprint density at radius 3 is 2.61 bits per heavy atom. The maximum Gasteiger partial charge on any atom is 0.232 e. The van der Waals surface area contributed by atoms with Crippen molar-refractivity contribution in [1.82, 2.24) is 14.9 Å². The summed E-state index contributed by atoms with van der Waals surface area (Å²) in [6, 6.07) is 3.36. The molecule has 36 heavy (non-hydrogen) atoms. The quantitative estimate of drug-likeness (QED) is 0.501. The van der Waals surface area contributed by atoms with Crippen LogP contribution in [0.3, 0.4) is 0 Å². The Morgan fingerprint density at radius 1 is 1.31 bits per heavy atom. The Kier molecular flexibility index (Phi) is 8.19. The van der Waals surface area contributed by atoms with Gasteiger partial charge in [-0.2, -0.15) is 0 Å². The molecular weight excluding hydrogens is 496 g/mol. The monoisotopic (exact) mass is 534 g/mol. The fraction of sp³-hybridized carbons (Fsp3) is 0.654. The normalized spacial score (nSPS) is 24.7. The number of anilines is 1. The van der Waals surface area contributed by atoms with Crippen molar-refractivity contribution in [1.29, 1.82) is 0 Å². The zero-order valence-electron chi connectivity index (χ0n) is 21.9. The number of pyridine rings is 1. The Balaban J connectivity index is 1.36.